The molecule has 1 saturated heterocycles. The number of nitrogens with zero attached hydrogens (tertiary/aromatic N) is 5. The molecule has 0 aliphatic carbocycles. The van der Waals surface area contributed by atoms with Crippen molar-refractivity contribution in [2.45, 2.75) is 43.4 Å². The Labute approximate surface area is 192 Å². The molecule has 174 valence electrons. The predicted octanol–water partition coefficient (Wildman–Crippen LogP) is 3.93. The third kappa shape index (κ3) is 5.09. The van der Waals surface area contributed by atoms with Crippen LogP contribution in [-0.2, 0) is 14.4 Å². The van der Waals surface area contributed by atoms with Crippen molar-refractivity contribution in [3.8, 4) is 11.6 Å². The lowest BCUT2D eigenvalue weighted by Crippen LogP contribution is -2.34. The van der Waals surface area contributed by atoms with Gasteiger partial charge in [0.2, 0.25) is 22.0 Å². The molecule has 0 bridgehead atoms. The molecule has 3 heterocycles. The fourth-order valence-corrected chi connectivity index (χ4v) is 4.31. The van der Waals surface area contributed by atoms with Gasteiger partial charge in [0, 0.05) is 24.9 Å². The average Bonchev–Trinajstić information content (AvgIpc) is 3.30. The molecule has 1 N–H and O–H groups in total. The number of carbonyl (C=O) groups excluding carboxylic acids is 1. The van der Waals surface area contributed by atoms with Crippen molar-refractivity contribution in [2.24, 2.45) is 0 Å². The van der Waals surface area contributed by atoms with Crippen molar-refractivity contribution in [1.29, 1.82) is 0 Å². The maximum absolute atomic E-state index is 11.9. The minimum Gasteiger partial charge on any atom is -0.438 e. The van der Waals surface area contributed by atoms with Crippen molar-refractivity contribution < 1.29 is 22.8 Å². The summed E-state index contributed by atoms with van der Waals surface area (Å²) < 4.78 is 32.7. The van der Waals surface area contributed by atoms with Gasteiger partial charge in [-0.3, -0.25) is 4.79 Å². The minimum absolute atomic E-state index is 0.129. The lowest BCUT2D eigenvalue weighted by Gasteiger charge is -2.32. The highest BCUT2D eigenvalue weighted by Gasteiger charge is 2.28. The summed E-state index contributed by atoms with van der Waals surface area (Å²) in [6.45, 7) is 5.38. The first-order valence-electron chi connectivity index (χ1n) is 10.6. The van der Waals surface area contributed by atoms with E-state index in [2.05, 4.69) is 20.1 Å². The van der Waals surface area contributed by atoms with Gasteiger partial charge < -0.3 is 14.2 Å². The molecular formula is C22H26N5O5S+. The number of anilines is 1. The summed E-state index contributed by atoms with van der Waals surface area (Å²) in [7, 11) is -3.06. The van der Waals surface area contributed by atoms with E-state index in [0.717, 1.165) is 12.8 Å². The Bertz CT molecular complexity index is 1170. The highest BCUT2D eigenvalue weighted by atomic mass is 32.3. The van der Waals surface area contributed by atoms with Crippen LogP contribution in [0.25, 0.3) is 0 Å². The fraction of sp³-hybridized carbons (Fsp3) is 0.409. The van der Waals surface area contributed by atoms with Crippen LogP contribution in [0.5, 0.6) is 11.6 Å². The zero-order chi connectivity index (χ0) is 23.6. The van der Waals surface area contributed by atoms with Crippen LogP contribution in [0.4, 0.5) is 5.82 Å². The highest BCUT2D eigenvalue weighted by Crippen LogP contribution is 2.33. The molecule has 1 fully saturated rings. The van der Waals surface area contributed by atoms with E-state index in [0.29, 0.717) is 47.6 Å². The van der Waals surface area contributed by atoms with Gasteiger partial charge >= 0.3 is 0 Å². The number of piperidine rings is 1. The Morgan fingerprint density at radius 1 is 1.21 bits per heavy atom. The Kier molecular flexibility index (Phi) is 6.52. The van der Waals surface area contributed by atoms with Gasteiger partial charge in [-0.25, -0.2) is 9.97 Å². The molecule has 11 heteroatoms. The number of hydrogen-bond donors (Lipinski definition) is 1. The fourth-order valence-electron chi connectivity index (χ4n) is 3.66. The average molecular weight is 473 g/mol. The lowest BCUT2D eigenvalue weighted by molar-refractivity contribution is 0.112. The van der Waals surface area contributed by atoms with Crippen molar-refractivity contribution in [3.05, 3.63) is 47.9 Å². The maximum atomic E-state index is 11.9. The second-order valence-electron chi connectivity index (χ2n) is 8.32. The first-order valence-corrected chi connectivity index (χ1v) is 12.6. The summed E-state index contributed by atoms with van der Waals surface area (Å²) >= 11 is 0. The summed E-state index contributed by atoms with van der Waals surface area (Å²) in [5.74, 6) is 2.77. The van der Waals surface area contributed by atoms with Crippen molar-refractivity contribution in [3.63, 3.8) is 0 Å². The van der Waals surface area contributed by atoms with Gasteiger partial charge in [0.1, 0.15) is 29.7 Å². The topological polar surface area (TPSA) is 132 Å². The summed E-state index contributed by atoms with van der Waals surface area (Å²) in [6, 6.07) is 6.14. The van der Waals surface area contributed by atoms with Crippen molar-refractivity contribution >= 4 is 22.3 Å². The summed E-state index contributed by atoms with van der Waals surface area (Å²) in [4.78, 5) is 27.2. The third-order valence-corrected chi connectivity index (χ3v) is 6.68. The smallest absolute Gasteiger partial charge is 0.244 e. The molecule has 1 aliphatic rings. The second kappa shape index (κ2) is 9.36. The van der Waals surface area contributed by atoms with Gasteiger partial charge in [-0.2, -0.15) is 9.54 Å². The number of aldehydes is 1. The molecule has 1 aliphatic heterocycles. The molecule has 0 radical (unpaired) electrons. The molecule has 3 aromatic rings. The maximum Gasteiger partial charge on any atom is 0.244 e. The van der Waals surface area contributed by atoms with Gasteiger partial charge in [-0.1, -0.05) is 23.2 Å². The number of benzene rings is 1. The standard InChI is InChI=1S/C22H25N5O5S/c1-14(2)19-25-21(32-26-19)15-8-10-27(11-9-15)20-18(12-28)22(24-13-23-20)31-16-4-6-17(7-5-16)33(3,29)30/h4-7,12-15H,8-11H2,1-3H3/p+1. The van der Waals surface area contributed by atoms with Gasteiger partial charge in [-0.15, -0.1) is 0 Å². The summed E-state index contributed by atoms with van der Waals surface area (Å²) in [5, 5.41) is 4.05. The third-order valence-electron chi connectivity index (χ3n) is 5.54. The van der Waals surface area contributed by atoms with Gasteiger partial charge in [0.25, 0.3) is 0 Å². The second-order valence-corrected chi connectivity index (χ2v) is 10.4. The van der Waals surface area contributed by atoms with E-state index >= 15 is 0 Å². The Morgan fingerprint density at radius 3 is 2.48 bits per heavy atom. The SMILES string of the molecule is CC(C)c1noc(C2CCN(c3ncnc(Oc4ccc([S+](C)(=O)O)cc4)c3C=O)CC2)n1. The van der Waals surface area contributed by atoms with E-state index in [1.165, 1.54) is 24.7 Å². The van der Waals surface area contributed by atoms with Crippen LogP contribution in [0.2, 0.25) is 0 Å². The largest absolute Gasteiger partial charge is 0.438 e. The molecule has 0 amide bonds. The molecule has 1 unspecified atom stereocenters. The van der Waals surface area contributed by atoms with Crippen LogP contribution in [0.1, 0.15) is 60.6 Å². The molecule has 4 rings (SSSR count). The zero-order valence-electron chi connectivity index (χ0n) is 18.7. The van der Waals surface area contributed by atoms with Crippen LogP contribution in [-0.4, -0.2) is 50.3 Å². The number of aromatic nitrogens is 4. The van der Waals surface area contributed by atoms with Crippen LogP contribution >= 0.6 is 0 Å². The molecular weight excluding hydrogens is 446 g/mol. The zero-order valence-corrected chi connectivity index (χ0v) is 19.5. The van der Waals surface area contributed by atoms with Crippen molar-refractivity contribution in [2.75, 3.05) is 24.2 Å². The minimum atomic E-state index is -3.06. The number of carbonyl (C=O) groups is 1. The summed E-state index contributed by atoms with van der Waals surface area (Å²) in [5.41, 5.74) is 0.251. The van der Waals surface area contributed by atoms with E-state index < -0.39 is 10.2 Å². The molecule has 0 saturated carbocycles. The number of ether oxygens (including phenoxy) is 1. The Balaban J connectivity index is 1.48. The van der Waals surface area contributed by atoms with Gasteiger partial charge in [0.15, 0.2) is 17.0 Å². The van der Waals surface area contributed by atoms with Gasteiger partial charge in [0.05, 0.1) is 0 Å². The van der Waals surface area contributed by atoms with E-state index in [1.54, 1.807) is 12.1 Å². The monoisotopic (exact) mass is 472 g/mol. The van der Waals surface area contributed by atoms with Gasteiger partial charge in [-0.05, 0) is 37.1 Å². The van der Waals surface area contributed by atoms with E-state index in [9.17, 15) is 13.6 Å². The molecule has 0 spiro atoms. The normalized spacial score (nSPS) is 16.6. The van der Waals surface area contributed by atoms with E-state index in [-0.39, 0.29) is 23.3 Å². The first kappa shape index (κ1) is 23.0. The quantitative estimate of drug-likeness (QED) is 0.398. The van der Waals surface area contributed by atoms with Crippen LogP contribution in [0.3, 0.4) is 0 Å². The molecule has 33 heavy (non-hydrogen) atoms. The Morgan fingerprint density at radius 2 is 1.91 bits per heavy atom. The van der Waals surface area contributed by atoms with E-state index in [4.69, 9.17) is 9.26 Å². The first-order chi connectivity index (χ1) is 15.8. The van der Waals surface area contributed by atoms with Crippen LogP contribution < -0.4 is 9.64 Å². The highest BCUT2D eigenvalue weighted by molar-refractivity contribution is 7.97. The van der Waals surface area contributed by atoms with E-state index in [1.807, 2.05) is 18.7 Å². The molecule has 1 atom stereocenters. The Hall–Kier alpha value is -3.18. The number of rotatable bonds is 7. The van der Waals surface area contributed by atoms with Crippen LogP contribution in [0.15, 0.2) is 40.0 Å². The number of hydrogen-bond acceptors (Lipinski definition) is 9. The molecule has 1 aromatic carbocycles. The predicted molar refractivity (Wildman–Crippen MR) is 121 cm³/mol. The van der Waals surface area contributed by atoms with Crippen LogP contribution in [0, 0.1) is 0 Å². The van der Waals surface area contributed by atoms with Crippen molar-refractivity contribution in [1.82, 2.24) is 20.1 Å². The lowest BCUT2D eigenvalue weighted by atomic mass is 9.96. The molecule has 10 nitrogen and oxygen atoms in total. The summed E-state index contributed by atoms with van der Waals surface area (Å²) in [6.07, 6.45) is 4.87. The molecule has 2 aromatic heterocycles.